The van der Waals surface area contributed by atoms with E-state index in [1.807, 2.05) is 59.7 Å². The van der Waals surface area contributed by atoms with E-state index in [1.165, 1.54) is 18.4 Å². The van der Waals surface area contributed by atoms with Crippen LogP contribution in [0.5, 0.6) is 5.75 Å². The molecular formula is C28H32N2O5S. The second-order valence-corrected chi connectivity index (χ2v) is 9.71. The summed E-state index contributed by atoms with van der Waals surface area (Å²) in [5, 5.41) is 1.97. The minimum Gasteiger partial charge on any atom is -0.497 e. The van der Waals surface area contributed by atoms with Crippen LogP contribution in [-0.2, 0) is 16.1 Å². The highest BCUT2D eigenvalue weighted by atomic mass is 32.1. The molecule has 0 saturated carbocycles. The fourth-order valence-corrected chi connectivity index (χ4v) is 5.14. The van der Waals surface area contributed by atoms with Gasteiger partial charge in [-0.25, -0.2) is 4.79 Å². The quantitative estimate of drug-likeness (QED) is 0.395. The summed E-state index contributed by atoms with van der Waals surface area (Å²) in [7, 11) is 3.03. The van der Waals surface area contributed by atoms with Gasteiger partial charge in [-0.2, -0.15) is 0 Å². The van der Waals surface area contributed by atoms with Crippen LogP contribution in [-0.4, -0.2) is 68.6 Å². The van der Waals surface area contributed by atoms with Crippen molar-refractivity contribution in [2.24, 2.45) is 0 Å². The molecule has 190 valence electrons. The van der Waals surface area contributed by atoms with Gasteiger partial charge in [-0.05, 0) is 59.3 Å². The predicted molar refractivity (Wildman–Crippen MR) is 140 cm³/mol. The molecule has 8 heteroatoms. The predicted octanol–water partition coefficient (Wildman–Crippen LogP) is 4.57. The lowest BCUT2D eigenvalue weighted by molar-refractivity contribution is 0.00336. The molecule has 36 heavy (non-hydrogen) atoms. The normalized spacial score (nSPS) is 14.9. The number of ether oxygens (including phenoxy) is 3. The fraction of sp³-hybridized carbons (Fsp3) is 0.357. The maximum absolute atomic E-state index is 12.9. The van der Waals surface area contributed by atoms with Gasteiger partial charge >= 0.3 is 5.97 Å². The smallest absolute Gasteiger partial charge is 0.337 e. The molecule has 0 unspecified atom stereocenters. The number of nitrogens with zero attached hydrogens (tertiary/aromatic N) is 2. The Morgan fingerprint density at radius 1 is 1.00 bits per heavy atom. The number of methoxy groups -OCH3 is 2. The van der Waals surface area contributed by atoms with Gasteiger partial charge in [0.15, 0.2) is 0 Å². The van der Waals surface area contributed by atoms with Crippen molar-refractivity contribution in [1.29, 1.82) is 0 Å². The molecule has 0 radical (unpaired) electrons. The molecule has 2 aromatic carbocycles. The lowest BCUT2D eigenvalue weighted by Crippen LogP contribution is -2.49. The number of carbonyl (C=O) groups excluding carboxylic acids is 2. The Labute approximate surface area is 216 Å². The lowest BCUT2D eigenvalue weighted by atomic mass is 10.1. The number of hydrogen-bond acceptors (Lipinski definition) is 7. The van der Waals surface area contributed by atoms with Gasteiger partial charge < -0.3 is 19.1 Å². The monoisotopic (exact) mass is 508 g/mol. The molecule has 1 amide bonds. The summed E-state index contributed by atoms with van der Waals surface area (Å²) in [4.78, 5) is 29.7. The first-order valence-corrected chi connectivity index (χ1v) is 12.8. The molecule has 0 bridgehead atoms. The number of rotatable bonds is 9. The highest BCUT2D eigenvalue weighted by Crippen LogP contribution is 2.26. The highest BCUT2D eigenvalue weighted by molar-refractivity contribution is 7.12. The van der Waals surface area contributed by atoms with E-state index in [4.69, 9.17) is 14.2 Å². The molecule has 0 spiro atoms. The van der Waals surface area contributed by atoms with Crippen LogP contribution >= 0.6 is 11.3 Å². The van der Waals surface area contributed by atoms with Gasteiger partial charge in [0, 0.05) is 32.7 Å². The number of thiophene rings is 1. The zero-order valence-corrected chi connectivity index (χ0v) is 21.8. The van der Waals surface area contributed by atoms with E-state index in [-0.39, 0.29) is 18.0 Å². The number of aryl methyl sites for hydroxylation is 1. The van der Waals surface area contributed by atoms with Crippen LogP contribution in [0.3, 0.4) is 0 Å². The summed E-state index contributed by atoms with van der Waals surface area (Å²) >= 11 is 1.51. The number of hydrogen-bond donors (Lipinski definition) is 0. The Bertz CT molecular complexity index is 1170. The molecule has 1 aliphatic heterocycles. The van der Waals surface area contributed by atoms with Crippen LogP contribution < -0.4 is 4.74 Å². The number of piperazine rings is 1. The molecule has 7 nitrogen and oxygen atoms in total. The number of esters is 1. The van der Waals surface area contributed by atoms with Crippen molar-refractivity contribution in [3.05, 3.63) is 87.1 Å². The third-order valence-electron chi connectivity index (χ3n) is 6.43. The van der Waals surface area contributed by atoms with Crippen LogP contribution in [0, 0.1) is 6.92 Å². The number of benzene rings is 2. The number of carbonyl (C=O) groups is 2. The van der Waals surface area contributed by atoms with E-state index in [0.717, 1.165) is 40.4 Å². The molecular weight excluding hydrogens is 476 g/mol. The fourth-order valence-electron chi connectivity index (χ4n) is 4.25. The zero-order chi connectivity index (χ0) is 25.5. The summed E-state index contributed by atoms with van der Waals surface area (Å²) in [5.41, 5.74) is 3.56. The van der Waals surface area contributed by atoms with Gasteiger partial charge in [0.1, 0.15) is 5.75 Å². The maximum Gasteiger partial charge on any atom is 0.337 e. The van der Waals surface area contributed by atoms with E-state index in [1.54, 1.807) is 19.2 Å². The van der Waals surface area contributed by atoms with Crippen molar-refractivity contribution in [1.82, 2.24) is 9.80 Å². The largest absolute Gasteiger partial charge is 0.497 e. The standard InChI is InChI=1S/C28H32N2O5S/c1-20-11-16-36-26(20)27(31)30-14-12-29(13-15-30)18-25(23-5-4-6-24(17-23)33-2)35-19-21-7-9-22(10-8-21)28(32)34-3/h4-11,16-17,25H,12-15,18-19H2,1-3H3/t25-/m0/s1. The first kappa shape index (κ1) is 25.9. The van der Waals surface area contributed by atoms with E-state index in [2.05, 4.69) is 4.90 Å². The molecule has 0 aliphatic carbocycles. The Morgan fingerprint density at radius 2 is 1.75 bits per heavy atom. The number of amides is 1. The van der Waals surface area contributed by atoms with E-state index >= 15 is 0 Å². The van der Waals surface area contributed by atoms with Crippen molar-refractivity contribution in [2.45, 2.75) is 19.6 Å². The minimum atomic E-state index is -0.358. The van der Waals surface area contributed by atoms with Gasteiger partial charge in [-0.3, -0.25) is 9.69 Å². The third kappa shape index (κ3) is 6.32. The Morgan fingerprint density at radius 3 is 2.39 bits per heavy atom. The molecule has 4 rings (SSSR count). The maximum atomic E-state index is 12.9. The highest BCUT2D eigenvalue weighted by Gasteiger charge is 2.26. The van der Waals surface area contributed by atoms with Crippen molar-refractivity contribution in [2.75, 3.05) is 46.9 Å². The molecule has 1 saturated heterocycles. The molecule has 1 atom stereocenters. The van der Waals surface area contributed by atoms with Gasteiger partial charge in [0.25, 0.3) is 5.91 Å². The summed E-state index contributed by atoms with van der Waals surface area (Å²) in [6.07, 6.45) is -0.179. The lowest BCUT2D eigenvalue weighted by Gasteiger charge is -2.36. The van der Waals surface area contributed by atoms with E-state index < -0.39 is 0 Å². The SMILES string of the molecule is COC(=O)c1ccc(CO[C@@H](CN2CCN(C(=O)c3sccc3C)CC2)c2cccc(OC)c2)cc1. The van der Waals surface area contributed by atoms with Crippen molar-refractivity contribution in [3.8, 4) is 5.75 Å². The van der Waals surface area contributed by atoms with Crippen LogP contribution in [0.1, 0.15) is 42.8 Å². The average Bonchev–Trinajstić information content (AvgIpc) is 3.36. The third-order valence-corrected chi connectivity index (χ3v) is 7.44. The van der Waals surface area contributed by atoms with Gasteiger partial charge in [-0.1, -0.05) is 24.3 Å². The van der Waals surface area contributed by atoms with Crippen LogP contribution in [0.4, 0.5) is 0 Å². The van der Waals surface area contributed by atoms with E-state index in [0.29, 0.717) is 31.8 Å². The van der Waals surface area contributed by atoms with Crippen molar-refractivity contribution < 1.29 is 23.8 Å². The first-order valence-electron chi connectivity index (χ1n) is 12.0. The van der Waals surface area contributed by atoms with Crippen LogP contribution in [0.25, 0.3) is 0 Å². The summed E-state index contributed by atoms with van der Waals surface area (Å²) in [6, 6.07) is 17.2. The van der Waals surface area contributed by atoms with Gasteiger partial charge in [0.2, 0.25) is 0 Å². The minimum absolute atomic E-state index is 0.123. The summed E-state index contributed by atoms with van der Waals surface area (Å²) < 4.78 is 16.6. The van der Waals surface area contributed by atoms with Gasteiger partial charge in [-0.15, -0.1) is 11.3 Å². The molecule has 1 fully saturated rings. The van der Waals surface area contributed by atoms with Gasteiger partial charge in [0.05, 0.1) is 37.4 Å². The summed E-state index contributed by atoms with van der Waals surface area (Å²) in [5.74, 6) is 0.548. The first-order chi connectivity index (χ1) is 17.5. The second kappa shape index (κ2) is 12.2. The molecule has 1 aliphatic rings. The van der Waals surface area contributed by atoms with Crippen LogP contribution in [0.15, 0.2) is 60.0 Å². The van der Waals surface area contributed by atoms with Crippen LogP contribution in [0.2, 0.25) is 0 Å². The second-order valence-electron chi connectivity index (χ2n) is 8.79. The van der Waals surface area contributed by atoms with E-state index in [9.17, 15) is 9.59 Å². The Kier molecular flexibility index (Phi) is 8.74. The average molecular weight is 509 g/mol. The van der Waals surface area contributed by atoms with Crippen molar-refractivity contribution >= 4 is 23.2 Å². The molecule has 3 aromatic rings. The Balaban J connectivity index is 1.41. The zero-order valence-electron chi connectivity index (χ0n) is 20.9. The molecule has 0 N–H and O–H groups in total. The van der Waals surface area contributed by atoms with Crippen molar-refractivity contribution in [3.63, 3.8) is 0 Å². The Hall–Kier alpha value is -3.20. The topological polar surface area (TPSA) is 68.3 Å². The molecule has 1 aromatic heterocycles. The summed E-state index contributed by atoms with van der Waals surface area (Å²) in [6.45, 7) is 6.04. The molecule has 2 heterocycles.